The Labute approximate surface area is 220 Å². The number of halogens is 1. The number of aliphatic imine (C=N–C) groups is 1. The molecule has 0 bridgehead atoms. The molecule has 1 saturated heterocycles. The third-order valence-electron chi connectivity index (χ3n) is 6.15. The minimum Gasteiger partial charge on any atom is -0.355 e. The first-order valence-electron chi connectivity index (χ1n) is 12.0. The van der Waals surface area contributed by atoms with Gasteiger partial charge in [0.15, 0.2) is 5.96 Å². The highest BCUT2D eigenvalue weighted by Crippen LogP contribution is 2.24. The van der Waals surface area contributed by atoms with Gasteiger partial charge in [0.05, 0.1) is 12.6 Å². The maximum atomic E-state index is 4.88. The highest BCUT2D eigenvalue weighted by molar-refractivity contribution is 14.0. The molecule has 1 fully saturated rings. The van der Waals surface area contributed by atoms with Gasteiger partial charge in [-0.3, -0.25) is 4.90 Å². The van der Waals surface area contributed by atoms with E-state index in [0.717, 1.165) is 50.9 Å². The summed E-state index contributed by atoms with van der Waals surface area (Å²) in [6.45, 7) is 7.42. The Morgan fingerprint density at radius 3 is 2.41 bits per heavy atom. The summed E-state index contributed by atoms with van der Waals surface area (Å²) in [5.41, 5.74) is 2.55. The number of hydrogen-bond acceptors (Lipinski definition) is 4. The lowest BCUT2D eigenvalue weighted by Crippen LogP contribution is -2.43. The second-order valence-electron chi connectivity index (χ2n) is 8.42. The lowest BCUT2D eigenvalue weighted by Gasteiger charge is -2.29. The van der Waals surface area contributed by atoms with E-state index in [2.05, 4.69) is 91.8 Å². The Balaban J connectivity index is 0.00000324. The van der Waals surface area contributed by atoms with Crippen molar-refractivity contribution >= 4 is 29.9 Å². The van der Waals surface area contributed by atoms with Crippen LogP contribution in [0.1, 0.15) is 42.8 Å². The van der Waals surface area contributed by atoms with Crippen molar-refractivity contribution in [1.29, 1.82) is 0 Å². The lowest BCUT2D eigenvalue weighted by atomic mass is 10.1. The molecule has 1 unspecified atom stereocenters. The highest BCUT2D eigenvalue weighted by Gasteiger charge is 2.23. The van der Waals surface area contributed by atoms with E-state index in [0.29, 0.717) is 12.6 Å². The summed E-state index contributed by atoms with van der Waals surface area (Å²) in [6.07, 6.45) is 5.22. The van der Waals surface area contributed by atoms with Crippen molar-refractivity contribution in [2.24, 2.45) is 4.99 Å². The minimum atomic E-state index is 0. The molecule has 0 amide bonds. The molecule has 1 aliphatic heterocycles. The number of likely N-dealkylation sites (tertiary alicyclic amines) is 1. The topological polar surface area (TPSA) is 70.4 Å². The van der Waals surface area contributed by atoms with Crippen molar-refractivity contribution in [3.63, 3.8) is 0 Å². The largest absolute Gasteiger partial charge is 0.355 e. The smallest absolute Gasteiger partial charge is 0.191 e. The van der Waals surface area contributed by atoms with Crippen molar-refractivity contribution in [3.8, 4) is 0 Å². The molecule has 0 spiro atoms. The van der Waals surface area contributed by atoms with E-state index in [1.807, 2.05) is 6.07 Å². The molecule has 2 N–H and O–H groups in total. The van der Waals surface area contributed by atoms with Gasteiger partial charge in [0.2, 0.25) is 0 Å². The lowest BCUT2D eigenvalue weighted by molar-refractivity contribution is 0.245. The fourth-order valence-electron chi connectivity index (χ4n) is 4.34. The Morgan fingerprint density at radius 2 is 1.71 bits per heavy atom. The van der Waals surface area contributed by atoms with Gasteiger partial charge in [0, 0.05) is 26.1 Å². The normalized spacial score (nSPS) is 15.0. The third kappa shape index (κ3) is 7.53. The van der Waals surface area contributed by atoms with E-state index in [9.17, 15) is 0 Å². The first-order valence-corrected chi connectivity index (χ1v) is 12.0. The van der Waals surface area contributed by atoms with E-state index >= 15 is 0 Å². The summed E-state index contributed by atoms with van der Waals surface area (Å²) >= 11 is 0. The second-order valence-corrected chi connectivity index (χ2v) is 8.42. The minimum absolute atomic E-state index is 0. The molecule has 34 heavy (non-hydrogen) atoms. The number of aryl methyl sites for hydroxylation is 1. The zero-order valence-electron chi connectivity index (χ0n) is 19.9. The molecule has 7 nitrogen and oxygen atoms in total. The average molecular weight is 574 g/mol. The maximum Gasteiger partial charge on any atom is 0.191 e. The van der Waals surface area contributed by atoms with E-state index in [1.165, 1.54) is 24.0 Å². The molecule has 3 aromatic rings. The van der Waals surface area contributed by atoms with Crippen molar-refractivity contribution in [2.75, 3.05) is 26.2 Å². The molecule has 0 aliphatic carbocycles. The van der Waals surface area contributed by atoms with Crippen LogP contribution in [0.4, 0.5) is 0 Å². The van der Waals surface area contributed by atoms with Gasteiger partial charge in [-0.05, 0) is 37.1 Å². The van der Waals surface area contributed by atoms with E-state index < -0.39 is 0 Å². The monoisotopic (exact) mass is 573 g/mol. The fourth-order valence-corrected chi connectivity index (χ4v) is 4.34. The Kier molecular flexibility index (Phi) is 10.8. The Hall–Kier alpha value is -2.46. The molecule has 182 valence electrons. The molecule has 0 radical (unpaired) electrons. The standard InChI is InChI=1S/C26H35N7.HI/c1-2-25-31-30-21-33(25)18-15-27-26(28-19-22-11-5-3-6-12-22)29-20-24(32-16-9-10-17-32)23-13-7-4-8-14-23;/h3-8,11-14,21,24H,2,9-10,15-20H2,1H3,(H2,27,28,29);1H. The van der Waals surface area contributed by atoms with Gasteiger partial charge in [-0.2, -0.15) is 0 Å². The third-order valence-corrected chi connectivity index (χ3v) is 6.15. The molecule has 1 aromatic heterocycles. The quantitative estimate of drug-likeness (QED) is 0.218. The summed E-state index contributed by atoms with van der Waals surface area (Å²) in [6, 6.07) is 21.5. The van der Waals surface area contributed by atoms with Crippen LogP contribution in [0.15, 0.2) is 72.0 Å². The van der Waals surface area contributed by atoms with Gasteiger partial charge in [-0.1, -0.05) is 67.6 Å². The van der Waals surface area contributed by atoms with E-state index in [1.54, 1.807) is 6.33 Å². The highest BCUT2D eigenvalue weighted by atomic mass is 127. The molecule has 2 heterocycles. The molecule has 1 aliphatic rings. The zero-order valence-corrected chi connectivity index (χ0v) is 22.3. The zero-order chi connectivity index (χ0) is 22.7. The number of benzene rings is 2. The van der Waals surface area contributed by atoms with Crippen LogP contribution in [0.25, 0.3) is 0 Å². The van der Waals surface area contributed by atoms with Crippen LogP contribution in [-0.4, -0.2) is 51.8 Å². The molecular weight excluding hydrogens is 537 g/mol. The van der Waals surface area contributed by atoms with Gasteiger partial charge in [0.1, 0.15) is 12.2 Å². The number of guanidine groups is 1. The number of nitrogens with zero attached hydrogens (tertiary/aromatic N) is 5. The van der Waals surface area contributed by atoms with Gasteiger partial charge in [0.25, 0.3) is 0 Å². The van der Waals surface area contributed by atoms with Crippen molar-refractivity contribution < 1.29 is 0 Å². The van der Waals surface area contributed by atoms with Crippen LogP contribution in [0, 0.1) is 0 Å². The van der Waals surface area contributed by atoms with Crippen LogP contribution >= 0.6 is 24.0 Å². The molecule has 0 saturated carbocycles. The molecule has 4 rings (SSSR count). The summed E-state index contributed by atoms with van der Waals surface area (Å²) in [5.74, 6) is 1.84. The van der Waals surface area contributed by atoms with E-state index in [4.69, 9.17) is 4.99 Å². The van der Waals surface area contributed by atoms with Crippen LogP contribution in [-0.2, 0) is 19.5 Å². The Bertz CT molecular complexity index is 985. The van der Waals surface area contributed by atoms with Crippen LogP contribution in [0.3, 0.4) is 0 Å². The van der Waals surface area contributed by atoms with Crippen LogP contribution in [0.5, 0.6) is 0 Å². The van der Waals surface area contributed by atoms with E-state index in [-0.39, 0.29) is 24.0 Å². The summed E-state index contributed by atoms with van der Waals surface area (Å²) < 4.78 is 2.10. The summed E-state index contributed by atoms with van der Waals surface area (Å²) in [4.78, 5) is 7.47. The fraction of sp³-hybridized carbons (Fsp3) is 0.423. The van der Waals surface area contributed by atoms with Crippen LogP contribution in [0.2, 0.25) is 0 Å². The van der Waals surface area contributed by atoms with Crippen molar-refractivity contribution in [1.82, 2.24) is 30.3 Å². The summed E-state index contributed by atoms with van der Waals surface area (Å²) in [7, 11) is 0. The molecular formula is C26H36IN7. The summed E-state index contributed by atoms with van der Waals surface area (Å²) in [5, 5.41) is 15.4. The number of hydrogen-bond donors (Lipinski definition) is 2. The predicted octanol–water partition coefficient (Wildman–Crippen LogP) is 4.03. The molecule has 8 heteroatoms. The van der Waals surface area contributed by atoms with Gasteiger partial charge in [-0.15, -0.1) is 34.2 Å². The van der Waals surface area contributed by atoms with Crippen molar-refractivity contribution in [3.05, 3.63) is 83.9 Å². The van der Waals surface area contributed by atoms with Gasteiger partial charge < -0.3 is 15.2 Å². The molecule has 1 atom stereocenters. The maximum absolute atomic E-state index is 4.88. The Morgan fingerprint density at radius 1 is 1.00 bits per heavy atom. The van der Waals surface area contributed by atoms with Gasteiger partial charge in [-0.25, -0.2) is 4.99 Å². The number of rotatable bonds is 10. The number of aromatic nitrogens is 3. The first kappa shape index (κ1) is 26.2. The predicted molar refractivity (Wildman–Crippen MR) is 148 cm³/mol. The van der Waals surface area contributed by atoms with Crippen LogP contribution < -0.4 is 10.6 Å². The number of nitrogens with one attached hydrogen (secondary N) is 2. The molecule has 2 aromatic carbocycles. The van der Waals surface area contributed by atoms with Crippen molar-refractivity contribution in [2.45, 2.75) is 45.3 Å². The second kappa shape index (κ2) is 14.1. The van der Waals surface area contributed by atoms with Gasteiger partial charge >= 0.3 is 0 Å². The SMILES string of the molecule is CCc1nncn1CCNC(=NCc1ccccc1)NCC(c1ccccc1)N1CCCC1.I. The average Bonchev–Trinajstić information content (AvgIpc) is 3.56. The first-order chi connectivity index (χ1) is 16.3.